The van der Waals surface area contributed by atoms with Gasteiger partial charge < -0.3 is 15.3 Å². The van der Waals surface area contributed by atoms with Crippen molar-refractivity contribution in [3.63, 3.8) is 0 Å². The first-order valence-electron chi connectivity index (χ1n) is 5.63. The fraction of sp³-hybridized carbons (Fsp3) is 1.00. The summed E-state index contributed by atoms with van der Waals surface area (Å²) < 4.78 is 0. The van der Waals surface area contributed by atoms with Gasteiger partial charge in [-0.2, -0.15) is 0 Å². The zero-order valence-electron chi connectivity index (χ0n) is 10.1. The third kappa shape index (κ3) is 6.35. The van der Waals surface area contributed by atoms with Crippen LogP contribution < -0.4 is 5.32 Å². The van der Waals surface area contributed by atoms with Crippen molar-refractivity contribution < 1.29 is 5.11 Å². The van der Waals surface area contributed by atoms with Crippen molar-refractivity contribution in [3.8, 4) is 0 Å². The van der Waals surface area contributed by atoms with E-state index in [0.717, 1.165) is 19.6 Å². The smallest absolute Gasteiger partial charge is 0.0584 e. The molecular weight excluding hydrogens is 176 g/mol. The van der Waals surface area contributed by atoms with Crippen LogP contribution in [0.5, 0.6) is 0 Å². The fourth-order valence-electron chi connectivity index (χ4n) is 1.40. The summed E-state index contributed by atoms with van der Waals surface area (Å²) in [4.78, 5) is 2.21. The van der Waals surface area contributed by atoms with E-state index in [4.69, 9.17) is 5.11 Å². The van der Waals surface area contributed by atoms with E-state index in [1.54, 1.807) is 0 Å². The molecule has 2 atom stereocenters. The van der Waals surface area contributed by atoms with Crippen LogP contribution in [0.3, 0.4) is 0 Å². The van der Waals surface area contributed by atoms with Crippen LogP contribution in [0.15, 0.2) is 0 Å². The summed E-state index contributed by atoms with van der Waals surface area (Å²) >= 11 is 0. The van der Waals surface area contributed by atoms with E-state index in [1.807, 2.05) is 6.92 Å². The second-order valence-electron chi connectivity index (χ2n) is 4.28. The Morgan fingerprint density at radius 3 is 2.50 bits per heavy atom. The standard InChI is InChI=1S/C11H26N2O/c1-5-6-12-7-10(2)8-13(4)11(3)9-14/h10-12,14H,5-9H2,1-4H3. The van der Waals surface area contributed by atoms with Crippen molar-refractivity contribution in [1.29, 1.82) is 0 Å². The Balaban J connectivity index is 3.54. The second-order valence-corrected chi connectivity index (χ2v) is 4.28. The maximum atomic E-state index is 8.97. The van der Waals surface area contributed by atoms with Gasteiger partial charge in [-0.25, -0.2) is 0 Å². The molecule has 0 aromatic rings. The Hall–Kier alpha value is -0.120. The number of hydrogen-bond donors (Lipinski definition) is 2. The summed E-state index contributed by atoms with van der Waals surface area (Å²) in [5, 5.41) is 12.4. The lowest BCUT2D eigenvalue weighted by molar-refractivity contribution is 0.145. The number of nitrogens with one attached hydrogen (secondary N) is 1. The highest BCUT2D eigenvalue weighted by atomic mass is 16.3. The summed E-state index contributed by atoms with van der Waals surface area (Å²) in [5.74, 6) is 0.639. The van der Waals surface area contributed by atoms with Gasteiger partial charge in [-0.3, -0.25) is 0 Å². The van der Waals surface area contributed by atoms with Crippen LogP contribution in [0.1, 0.15) is 27.2 Å². The number of aliphatic hydroxyl groups excluding tert-OH is 1. The van der Waals surface area contributed by atoms with Crippen molar-refractivity contribution in [2.75, 3.05) is 33.3 Å². The van der Waals surface area contributed by atoms with E-state index in [1.165, 1.54) is 6.42 Å². The van der Waals surface area contributed by atoms with Crippen LogP contribution in [-0.2, 0) is 0 Å². The molecule has 0 aromatic heterocycles. The lowest BCUT2D eigenvalue weighted by atomic mass is 10.1. The normalized spacial score (nSPS) is 15.9. The SMILES string of the molecule is CCCNCC(C)CN(C)C(C)CO. The molecule has 0 bridgehead atoms. The summed E-state index contributed by atoms with van der Waals surface area (Å²) in [6.07, 6.45) is 1.19. The quantitative estimate of drug-likeness (QED) is 0.575. The fourth-order valence-corrected chi connectivity index (χ4v) is 1.40. The molecule has 14 heavy (non-hydrogen) atoms. The minimum atomic E-state index is 0.242. The molecule has 0 aliphatic heterocycles. The molecular formula is C11H26N2O. The van der Waals surface area contributed by atoms with E-state index in [-0.39, 0.29) is 12.6 Å². The molecule has 0 saturated heterocycles. The summed E-state index contributed by atoms with van der Waals surface area (Å²) in [7, 11) is 2.07. The van der Waals surface area contributed by atoms with Crippen molar-refractivity contribution in [3.05, 3.63) is 0 Å². The Morgan fingerprint density at radius 2 is 2.00 bits per heavy atom. The first kappa shape index (κ1) is 13.9. The highest BCUT2D eigenvalue weighted by Gasteiger charge is 2.10. The first-order valence-corrected chi connectivity index (χ1v) is 5.63. The monoisotopic (exact) mass is 202 g/mol. The van der Waals surface area contributed by atoms with Gasteiger partial charge >= 0.3 is 0 Å². The van der Waals surface area contributed by atoms with Crippen LogP contribution in [0.2, 0.25) is 0 Å². The summed E-state index contributed by atoms with van der Waals surface area (Å²) in [6, 6.07) is 0.267. The van der Waals surface area contributed by atoms with E-state index < -0.39 is 0 Å². The Labute approximate surface area is 88.5 Å². The van der Waals surface area contributed by atoms with E-state index in [2.05, 4.69) is 31.1 Å². The predicted octanol–water partition coefficient (Wildman–Crippen LogP) is 0.935. The minimum absolute atomic E-state index is 0.242. The largest absolute Gasteiger partial charge is 0.395 e. The van der Waals surface area contributed by atoms with Crippen molar-refractivity contribution in [1.82, 2.24) is 10.2 Å². The number of likely N-dealkylation sites (N-methyl/N-ethyl adjacent to an activating group) is 1. The molecule has 3 nitrogen and oxygen atoms in total. The molecule has 0 aliphatic carbocycles. The molecule has 3 heteroatoms. The lowest BCUT2D eigenvalue weighted by Gasteiger charge is -2.26. The summed E-state index contributed by atoms with van der Waals surface area (Å²) in [5.41, 5.74) is 0. The zero-order valence-corrected chi connectivity index (χ0v) is 10.1. The van der Waals surface area contributed by atoms with Gasteiger partial charge in [0.25, 0.3) is 0 Å². The highest BCUT2D eigenvalue weighted by Crippen LogP contribution is 2.00. The number of nitrogens with zero attached hydrogens (tertiary/aromatic N) is 1. The molecule has 0 aliphatic rings. The average Bonchev–Trinajstić information content (AvgIpc) is 2.16. The van der Waals surface area contributed by atoms with Crippen LogP contribution in [-0.4, -0.2) is 49.3 Å². The average molecular weight is 202 g/mol. The Morgan fingerprint density at radius 1 is 1.36 bits per heavy atom. The van der Waals surface area contributed by atoms with Gasteiger partial charge in [0.15, 0.2) is 0 Å². The van der Waals surface area contributed by atoms with Crippen LogP contribution in [0.4, 0.5) is 0 Å². The van der Waals surface area contributed by atoms with Gasteiger partial charge in [0.05, 0.1) is 6.61 Å². The third-order valence-corrected chi connectivity index (χ3v) is 2.54. The molecule has 0 heterocycles. The summed E-state index contributed by atoms with van der Waals surface area (Å²) in [6.45, 7) is 9.91. The molecule has 0 fully saturated rings. The zero-order chi connectivity index (χ0) is 11.0. The van der Waals surface area contributed by atoms with Crippen LogP contribution in [0, 0.1) is 5.92 Å². The van der Waals surface area contributed by atoms with Crippen LogP contribution in [0.25, 0.3) is 0 Å². The van der Waals surface area contributed by atoms with Gasteiger partial charge in [-0.05, 0) is 39.4 Å². The third-order valence-electron chi connectivity index (χ3n) is 2.54. The Kier molecular flexibility index (Phi) is 8.14. The maximum Gasteiger partial charge on any atom is 0.0584 e. The van der Waals surface area contributed by atoms with E-state index >= 15 is 0 Å². The molecule has 2 N–H and O–H groups in total. The Bertz CT molecular complexity index is 130. The van der Waals surface area contributed by atoms with E-state index in [0.29, 0.717) is 5.92 Å². The maximum absolute atomic E-state index is 8.97. The molecule has 0 aromatic carbocycles. The van der Waals surface area contributed by atoms with Gasteiger partial charge in [0.2, 0.25) is 0 Å². The minimum Gasteiger partial charge on any atom is -0.395 e. The molecule has 86 valence electrons. The number of hydrogen-bond acceptors (Lipinski definition) is 3. The van der Waals surface area contributed by atoms with Crippen LogP contribution >= 0.6 is 0 Å². The number of aliphatic hydroxyl groups is 1. The topological polar surface area (TPSA) is 35.5 Å². The molecule has 0 rings (SSSR count). The van der Waals surface area contributed by atoms with Gasteiger partial charge in [0.1, 0.15) is 0 Å². The van der Waals surface area contributed by atoms with Gasteiger partial charge in [0, 0.05) is 12.6 Å². The van der Waals surface area contributed by atoms with Crippen molar-refractivity contribution in [2.45, 2.75) is 33.2 Å². The first-order chi connectivity index (χ1) is 6.61. The predicted molar refractivity (Wildman–Crippen MR) is 61.5 cm³/mol. The molecule has 0 amide bonds. The van der Waals surface area contributed by atoms with Gasteiger partial charge in [-0.15, -0.1) is 0 Å². The molecule has 0 radical (unpaired) electrons. The number of rotatable bonds is 8. The molecule has 0 saturated carbocycles. The second kappa shape index (κ2) is 8.21. The van der Waals surface area contributed by atoms with Crippen molar-refractivity contribution >= 4 is 0 Å². The lowest BCUT2D eigenvalue weighted by Crippen LogP contribution is -2.38. The molecule has 2 unspecified atom stereocenters. The molecule has 0 spiro atoms. The van der Waals surface area contributed by atoms with E-state index in [9.17, 15) is 0 Å². The van der Waals surface area contributed by atoms with Crippen molar-refractivity contribution in [2.24, 2.45) is 5.92 Å². The van der Waals surface area contributed by atoms with Gasteiger partial charge in [-0.1, -0.05) is 13.8 Å². The highest BCUT2D eigenvalue weighted by molar-refractivity contribution is 4.66.